The molecule has 5 nitrogen and oxygen atoms in total. The second-order valence-corrected chi connectivity index (χ2v) is 5.45. The number of aryl methyl sites for hydroxylation is 1. The zero-order valence-corrected chi connectivity index (χ0v) is 13.3. The average Bonchev–Trinajstić information content (AvgIpc) is 2.60. The van der Waals surface area contributed by atoms with Gasteiger partial charge in [-0.2, -0.15) is 10.1 Å². The van der Waals surface area contributed by atoms with Crippen LogP contribution in [0.5, 0.6) is 0 Å². The van der Waals surface area contributed by atoms with E-state index in [1.54, 1.807) is 18.2 Å². The van der Waals surface area contributed by atoms with Gasteiger partial charge < -0.3 is 10.6 Å². The minimum Gasteiger partial charge on any atom is -0.364 e. The molecule has 0 aliphatic rings. The summed E-state index contributed by atoms with van der Waals surface area (Å²) in [5.41, 5.74) is 2.92. The molecule has 0 radical (unpaired) electrons. The maximum Gasteiger partial charge on any atom is 0.244 e. The van der Waals surface area contributed by atoms with Gasteiger partial charge in [-0.15, -0.1) is 5.10 Å². The van der Waals surface area contributed by atoms with E-state index in [-0.39, 0.29) is 5.82 Å². The van der Waals surface area contributed by atoms with Crippen LogP contribution in [-0.4, -0.2) is 15.2 Å². The lowest BCUT2D eigenvalue weighted by Crippen LogP contribution is -2.08. The number of hydrogen-bond donors (Lipinski definition) is 2. The van der Waals surface area contributed by atoms with Gasteiger partial charge in [-0.25, -0.2) is 4.39 Å². The normalized spacial score (nSPS) is 10.4. The summed E-state index contributed by atoms with van der Waals surface area (Å²) in [5, 5.41) is 14.1. The van der Waals surface area contributed by atoms with Crippen LogP contribution in [0.15, 0.2) is 54.7 Å². The highest BCUT2D eigenvalue weighted by molar-refractivity contribution is 5.38. The van der Waals surface area contributed by atoms with Gasteiger partial charge in [-0.05, 0) is 18.6 Å². The van der Waals surface area contributed by atoms with E-state index in [4.69, 9.17) is 0 Å². The van der Waals surface area contributed by atoms with Gasteiger partial charge >= 0.3 is 0 Å². The molecule has 0 amide bonds. The van der Waals surface area contributed by atoms with Crippen molar-refractivity contribution in [3.63, 3.8) is 0 Å². The molecule has 0 fully saturated rings. The van der Waals surface area contributed by atoms with Gasteiger partial charge in [0, 0.05) is 18.7 Å². The third-order valence-corrected chi connectivity index (χ3v) is 3.51. The summed E-state index contributed by atoms with van der Waals surface area (Å²) in [6.07, 6.45) is 1.51. The molecule has 1 aromatic heterocycles. The second-order valence-electron chi connectivity index (χ2n) is 5.45. The lowest BCUT2D eigenvalue weighted by Gasteiger charge is -2.08. The molecule has 0 aliphatic carbocycles. The zero-order chi connectivity index (χ0) is 16.8. The topological polar surface area (TPSA) is 62.7 Å². The molecule has 6 heteroatoms. The molecule has 0 saturated carbocycles. The summed E-state index contributed by atoms with van der Waals surface area (Å²) < 4.78 is 13.6. The Hall–Kier alpha value is -3.02. The van der Waals surface area contributed by atoms with Gasteiger partial charge in [-0.1, -0.05) is 48.0 Å². The van der Waals surface area contributed by atoms with Crippen molar-refractivity contribution in [2.24, 2.45) is 0 Å². The number of benzene rings is 2. The minimum atomic E-state index is -0.246. The molecule has 0 atom stereocenters. The summed E-state index contributed by atoms with van der Waals surface area (Å²) in [6.45, 7) is 3.00. The molecule has 122 valence electrons. The Balaban J connectivity index is 1.60. The SMILES string of the molecule is Cc1cccc(CNc2nncc(NCc3ccccc3F)n2)c1. The van der Waals surface area contributed by atoms with Crippen LogP contribution in [0, 0.1) is 12.7 Å². The largest absolute Gasteiger partial charge is 0.364 e. The van der Waals surface area contributed by atoms with Crippen LogP contribution in [0.3, 0.4) is 0 Å². The molecule has 3 aromatic rings. The highest BCUT2D eigenvalue weighted by Gasteiger charge is 2.03. The lowest BCUT2D eigenvalue weighted by atomic mass is 10.1. The summed E-state index contributed by atoms with van der Waals surface area (Å²) in [4.78, 5) is 4.34. The fourth-order valence-electron chi connectivity index (χ4n) is 2.29. The highest BCUT2D eigenvalue weighted by Crippen LogP contribution is 2.11. The van der Waals surface area contributed by atoms with Crippen LogP contribution in [-0.2, 0) is 13.1 Å². The van der Waals surface area contributed by atoms with Crippen LogP contribution in [0.4, 0.5) is 16.2 Å². The number of rotatable bonds is 6. The maximum atomic E-state index is 13.6. The fraction of sp³-hybridized carbons (Fsp3) is 0.167. The summed E-state index contributed by atoms with van der Waals surface area (Å²) in [6, 6.07) is 14.8. The van der Waals surface area contributed by atoms with Crippen molar-refractivity contribution in [1.29, 1.82) is 0 Å². The molecule has 0 spiro atoms. The molecule has 0 aliphatic heterocycles. The lowest BCUT2D eigenvalue weighted by molar-refractivity contribution is 0.613. The average molecular weight is 323 g/mol. The smallest absolute Gasteiger partial charge is 0.244 e. The first-order valence-electron chi connectivity index (χ1n) is 7.67. The molecule has 2 N–H and O–H groups in total. The van der Waals surface area contributed by atoms with E-state index in [0.29, 0.717) is 30.4 Å². The number of nitrogens with zero attached hydrogens (tertiary/aromatic N) is 3. The van der Waals surface area contributed by atoms with Crippen LogP contribution in [0.25, 0.3) is 0 Å². The van der Waals surface area contributed by atoms with Gasteiger partial charge in [0.2, 0.25) is 5.95 Å². The Bertz CT molecular complexity index is 822. The van der Waals surface area contributed by atoms with Gasteiger partial charge in [0.25, 0.3) is 0 Å². The van der Waals surface area contributed by atoms with Gasteiger partial charge in [0.15, 0.2) is 5.82 Å². The molecule has 0 saturated heterocycles. The number of aromatic nitrogens is 3. The Morgan fingerprint density at radius 1 is 1.00 bits per heavy atom. The molecule has 2 aromatic carbocycles. The zero-order valence-electron chi connectivity index (χ0n) is 13.3. The number of halogens is 1. The van der Waals surface area contributed by atoms with Crippen LogP contribution in [0.2, 0.25) is 0 Å². The van der Waals surface area contributed by atoms with Crippen LogP contribution < -0.4 is 10.6 Å². The van der Waals surface area contributed by atoms with E-state index < -0.39 is 0 Å². The number of anilines is 2. The van der Waals surface area contributed by atoms with Crippen molar-refractivity contribution >= 4 is 11.8 Å². The van der Waals surface area contributed by atoms with E-state index in [2.05, 4.69) is 44.9 Å². The van der Waals surface area contributed by atoms with Crippen molar-refractivity contribution in [1.82, 2.24) is 15.2 Å². The van der Waals surface area contributed by atoms with E-state index in [1.807, 2.05) is 12.1 Å². The van der Waals surface area contributed by atoms with Crippen LogP contribution >= 0.6 is 0 Å². The monoisotopic (exact) mass is 323 g/mol. The summed E-state index contributed by atoms with van der Waals surface area (Å²) in [7, 11) is 0. The molecule has 1 heterocycles. The van der Waals surface area contributed by atoms with Gasteiger partial charge in [-0.3, -0.25) is 0 Å². The summed E-state index contributed by atoms with van der Waals surface area (Å²) >= 11 is 0. The third kappa shape index (κ3) is 4.25. The summed E-state index contributed by atoms with van der Waals surface area (Å²) in [5.74, 6) is 0.722. The molecular formula is C18H18FN5. The predicted octanol–water partition coefficient (Wildman–Crippen LogP) is 3.54. The Kier molecular flexibility index (Phi) is 4.96. The number of hydrogen-bond acceptors (Lipinski definition) is 5. The quantitative estimate of drug-likeness (QED) is 0.726. The molecule has 0 unspecified atom stereocenters. The molecule has 24 heavy (non-hydrogen) atoms. The first-order chi connectivity index (χ1) is 11.7. The molecular weight excluding hydrogens is 305 g/mol. The van der Waals surface area contributed by atoms with Crippen molar-refractivity contribution in [2.45, 2.75) is 20.0 Å². The first kappa shape index (κ1) is 15.9. The van der Waals surface area contributed by atoms with E-state index >= 15 is 0 Å². The van der Waals surface area contributed by atoms with Gasteiger partial charge in [0.05, 0.1) is 6.20 Å². The second kappa shape index (κ2) is 7.50. The first-order valence-corrected chi connectivity index (χ1v) is 7.67. The Morgan fingerprint density at radius 3 is 2.71 bits per heavy atom. The van der Waals surface area contributed by atoms with Crippen molar-refractivity contribution in [2.75, 3.05) is 10.6 Å². The Labute approximate surface area is 140 Å². The molecule has 3 rings (SSSR count). The fourth-order valence-corrected chi connectivity index (χ4v) is 2.29. The minimum absolute atomic E-state index is 0.246. The molecule has 0 bridgehead atoms. The standard InChI is InChI=1S/C18H18FN5/c1-13-5-4-6-14(9-13)10-21-18-23-17(12-22-24-18)20-11-15-7-2-3-8-16(15)19/h2-9,12H,10-11H2,1H3,(H2,20,21,23,24). The van der Waals surface area contributed by atoms with Crippen molar-refractivity contribution in [3.05, 3.63) is 77.2 Å². The predicted molar refractivity (Wildman–Crippen MR) is 92.1 cm³/mol. The van der Waals surface area contributed by atoms with E-state index in [1.165, 1.54) is 17.8 Å². The highest BCUT2D eigenvalue weighted by atomic mass is 19.1. The van der Waals surface area contributed by atoms with Crippen LogP contribution in [0.1, 0.15) is 16.7 Å². The Morgan fingerprint density at radius 2 is 1.88 bits per heavy atom. The number of nitrogens with one attached hydrogen (secondary N) is 2. The van der Waals surface area contributed by atoms with Crippen molar-refractivity contribution < 1.29 is 4.39 Å². The third-order valence-electron chi connectivity index (χ3n) is 3.51. The van der Waals surface area contributed by atoms with Crippen molar-refractivity contribution in [3.8, 4) is 0 Å². The van der Waals surface area contributed by atoms with Gasteiger partial charge in [0.1, 0.15) is 5.82 Å². The van der Waals surface area contributed by atoms with E-state index in [0.717, 1.165) is 5.56 Å². The maximum absolute atomic E-state index is 13.6. The van der Waals surface area contributed by atoms with E-state index in [9.17, 15) is 4.39 Å².